The summed E-state index contributed by atoms with van der Waals surface area (Å²) in [5.41, 5.74) is 0.295. The number of unbranched alkanes of at least 4 members (excludes halogenated alkanes) is 1. The fourth-order valence-electron chi connectivity index (χ4n) is 1.49. The SMILES string of the molecule is CCC/C=C(/C#N)C(=O)N(CCC)CCC. The van der Waals surface area contributed by atoms with Crippen molar-refractivity contribution in [2.24, 2.45) is 0 Å². The van der Waals surface area contributed by atoms with Crippen LogP contribution in [0.1, 0.15) is 46.5 Å². The van der Waals surface area contributed by atoms with Crippen LogP contribution in [0.4, 0.5) is 0 Å². The Morgan fingerprint density at radius 2 is 1.75 bits per heavy atom. The van der Waals surface area contributed by atoms with Crippen LogP contribution in [0.3, 0.4) is 0 Å². The summed E-state index contributed by atoms with van der Waals surface area (Å²) in [6.07, 6.45) is 5.36. The molecule has 0 saturated heterocycles. The lowest BCUT2D eigenvalue weighted by molar-refractivity contribution is -0.126. The Balaban J connectivity index is 4.62. The van der Waals surface area contributed by atoms with Crippen LogP contribution in [0.2, 0.25) is 0 Å². The zero-order chi connectivity index (χ0) is 12.4. The average molecular weight is 222 g/mol. The molecule has 0 N–H and O–H groups in total. The summed E-state index contributed by atoms with van der Waals surface area (Å²) in [5, 5.41) is 8.94. The van der Waals surface area contributed by atoms with Crippen LogP contribution in [0, 0.1) is 11.3 Å². The van der Waals surface area contributed by atoms with E-state index in [4.69, 9.17) is 5.26 Å². The van der Waals surface area contributed by atoms with Crippen molar-refractivity contribution in [2.75, 3.05) is 13.1 Å². The van der Waals surface area contributed by atoms with E-state index < -0.39 is 0 Å². The number of hydrogen-bond acceptors (Lipinski definition) is 2. The highest BCUT2D eigenvalue weighted by Gasteiger charge is 2.15. The molecule has 0 aromatic heterocycles. The number of nitrogens with zero attached hydrogens (tertiary/aromatic N) is 2. The number of allylic oxidation sites excluding steroid dienone is 1. The van der Waals surface area contributed by atoms with Gasteiger partial charge >= 0.3 is 0 Å². The van der Waals surface area contributed by atoms with Gasteiger partial charge in [0.15, 0.2) is 0 Å². The summed E-state index contributed by atoms with van der Waals surface area (Å²) in [6, 6.07) is 2.00. The number of amides is 1. The molecule has 0 fully saturated rings. The third-order valence-electron chi connectivity index (χ3n) is 2.26. The van der Waals surface area contributed by atoms with E-state index in [-0.39, 0.29) is 5.91 Å². The molecule has 0 bridgehead atoms. The number of hydrogen-bond donors (Lipinski definition) is 0. The lowest BCUT2D eigenvalue weighted by Crippen LogP contribution is -2.33. The van der Waals surface area contributed by atoms with Crippen molar-refractivity contribution in [3.63, 3.8) is 0 Å². The largest absolute Gasteiger partial charge is 0.338 e. The van der Waals surface area contributed by atoms with Crippen molar-refractivity contribution in [3.8, 4) is 6.07 Å². The first-order valence-electron chi connectivity index (χ1n) is 6.10. The molecule has 0 aliphatic rings. The fraction of sp³-hybridized carbons (Fsp3) is 0.692. The molecule has 0 aromatic carbocycles. The Morgan fingerprint density at radius 1 is 1.19 bits per heavy atom. The molecule has 0 radical (unpaired) electrons. The van der Waals surface area contributed by atoms with Crippen LogP contribution in [0.5, 0.6) is 0 Å². The second-order valence-corrected chi connectivity index (χ2v) is 3.81. The summed E-state index contributed by atoms with van der Waals surface area (Å²) < 4.78 is 0. The van der Waals surface area contributed by atoms with Gasteiger partial charge in [0.1, 0.15) is 11.6 Å². The number of carbonyl (C=O) groups is 1. The van der Waals surface area contributed by atoms with Crippen LogP contribution in [0.25, 0.3) is 0 Å². The maximum Gasteiger partial charge on any atom is 0.264 e. The lowest BCUT2D eigenvalue weighted by Gasteiger charge is -2.20. The number of nitriles is 1. The van der Waals surface area contributed by atoms with E-state index in [9.17, 15) is 4.79 Å². The van der Waals surface area contributed by atoms with Crippen LogP contribution in [-0.2, 0) is 4.79 Å². The Morgan fingerprint density at radius 3 is 2.12 bits per heavy atom. The maximum absolute atomic E-state index is 12.0. The van der Waals surface area contributed by atoms with Crippen molar-refractivity contribution in [3.05, 3.63) is 11.6 Å². The van der Waals surface area contributed by atoms with Crippen LogP contribution < -0.4 is 0 Å². The maximum atomic E-state index is 12.0. The highest BCUT2D eigenvalue weighted by molar-refractivity contribution is 5.97. The third-order valence-corrected chi connectivity index (χ3v) is 2.26. The Bertz CT molecular complexity index is 270. The fourth-order valence-corrected chi connectivity index (χ4v) is 1.49. The van der Waals surface area contributed by atoms with E-state index in [0.29, 0.717) is 5.57 Å². The first-order valence-corrected chi connectivity index (χ1v) is 6.10. The van der Waals surface area contributed by atoms with Crippen molar-refractivity contribution in [1.82, 2.24) is 4.90 Å². The zero-order valence-electron chi connectivity index (χ0n) is 10.6. The smallest absolute Gasteiger partial charge is 0.264 e. The van der Waals surface area contributed by atoms with Crippen molar-refractivity contribution >= 4 is 5.91 Å². The van der Waals surface area contributed by atoms with Crippen LogP contribution >= 0.6 is 0 Å². The van der Waals surface area contributed by atoms with E-state index in [1.807, 2.05) is 26.8 Å². The van der Waals surface area contributed by atoms with Gasteiger partial charge in [-0.15, -0.1) is 0 Å². The predicted octanol–water partition coefficient (Wildman–Crippen LogP) is 2.89. The minimum absolute atomic E-state index is 0.111. The molecule has 16 heavy (non-hydrogen) atoms. The van der Waals surface area contributed by atoms with Gasteiger partial charge in [-0.3, -0.25) is 4.79 Å². The predicted molar refractivity (Wildman–Crippen MR) is 65.8 cm³/mol. The molecule has 0 heterocycles. The summed E-state index contributed by atoms with van der Waals surface area (Å²) in [7, 11) is 0. The quantitative estimate of drug-likeness (QED) is 0.491. The van der Waals surface area contributed by atoms with Gasteiger partial charge in [0.25, 0.3) is 5.91 Å². The van der Waals surface area contributed by atoms with Crippen LogP contribution in [0.15, 0.2) is 11.6 Å². The van der Waals surface area contributed by atoms with E-state index >= 15 is 0 Å². The summed E-state index contributed by atoms with van der Waals surface area (Å²) in [5.74, 6) is -0.111. The summed E-state index contributed by atoms with van der Waals surface area (Å²) in [6.45, 7) is 7.58. The Hall–Kier alpha value is -1.30. The minimum Gasteiger partial charge on any atom is -0.338 e. The Labute approximate surface area is 98.7 Å². The van der Waals surface area contributed by atoms with E-state index in [0.717, 1.165) is 38.8 Å². The van der Waals surface area contributed by atoms with Crippen LogP contribution in [-0.4, -0.2) is 23.9 Å². The van der Waals surface area contributed by atoms with Crippen molar-refractivity contribution in [1.29, 1.82) is 5.26 Å². The van der Waals surface area contributed by atoms with Gasteiger partial charge in [-0.2, -0.15) is 5.26 Å². The van der Waals surface area contributed by atoms with Crippen molar-refractivity contribution in [2.45, 2.75) is 46.5 Å². The molecule has 0 aliphatic heterocycles. The summed E-state index contributed by atoms with van der Waals surface area (Å²) >= 11 is 0. The Kier molecular flexibility index (Phi) is 8.24. The molecule has 0 unspecified atom stereocenters. The summed E-state index contributed by atoms with van der Waals surface area (Å²) in [4.78, 5) is 13.8. The van der Waals surface area contributed by atoms with Gasteiger partial charge in [-0.25, -0.2) is 0 Å². The molecule has 90 valence electrons. The topological polar surface area (TPSA) is 44.1 Å². The van der Waals surface area contributed by atoms with E-state index in [1.165, 1.54) is 0 Å². The molecule has 3 nitrogen and oxygen atoms in total. The molecule has 0 aliphatic carbocycles. The van der Waals surface area contributed by atoms with Gasteiger partial charge in [-0.05, 0) is 19.3 Å². The lowest BCUT2D eigenvalue weighted by atomic mass is 10.2. The molecule has 0 atom stereocenters. The second kappa shape index (κ2) is 8.96. The monoisotopic (exact) mass is 222 g/mol. The molecule has 0 rings (SSSR count). The molecular weight excluding hydrogens is 200 g/mol. The first kappa shape index (κ1) is 14.7. The van der Waals surface area contributed by atoms with Gasteiger partial charge in [-0.1, -0.05) is 33.3 Å². The highest BCUT2D eigenvalue weighted by Crippen LogP contribution is 2.05. The van der Waals surface area contributed by atoms with Crippen molar-refractivity contribution < 1.29 is 4.79 Å². The zero-order valence-corrected chi connectivity index (χ0v) is 10.6. The molecular formula is C13H22N2O. The number of carbonyl (C=O) groups excluding carboxylic acids is 1. The molecule has 1 amide bonds. The second-order valence-electron chi connectivity index (χ2n) is 3.81. The molecule has 3 heteroatoms. The standard InChI is InChI=1S/C13H22N2O/c1-4-7-8-12(11-14)13(16)15(9-5-2)10-6-3/h8H,4-7,9-10H2,1-3H3/b12-8-. The first-order chi connectivity index (χ1) is 7.71. The highest BCUT2D eigenvalue weighted by atomic mass is 16.2. The average Bonchev–Trinajstić information content (AvgIpc) is 2.29. The van der Waals surface area contributed by atoms with Gasteiger partial charge in [0.2, 0.25) is 0 Å². The van der Waals surface area contributed by atoms with Gasteiger partial charge in [0.05, 0.1) is 0 Å². The minimum atomic E-state index is -0.111. The van der Waals surface area contributed by atoms with E-state index in [2.05, 4.69) is 0 Å². The normalized spacial score (nSPS) is 11.0. The van der Waals surface area contributed by atoms with E-state index in [1.54, 1.807) is 11.0 Å². The molecule has 0 saturated carbocycles. The van der Waals surface area contributed by atoms with Gasteiger partial charge in [0, 0.05) is 13.1 Å². The van der Waals surface area contributed by atoms with Gasteiger partial charge < -0.3 is 4.90 Å². The molecule has 0 aromatic rings. The number of rotatable bonds is 7. The third kappa shape index (κ3) is 4.97. The molecule has 0 spiro atoms.